The largest absolute Gasteiger partial charge is 0.507 e. The van der Waals surface area contributed by atoms with E-state index in [1.54, 1.807) is 12.1 Å². The summed E-state index contributed by atoms with van der Waals surface area (Å²) in [6.07, 6.45) is 1.29. The summed E-state index contributed by atoms with van der Waals surface area (Å²) in [5.41, 5.74) is 6.19. The molecule has 3 aromatic carbocycles. The first-order valence-corrected chi connectivity index (χ1v) is 7.73. The first kappa shape index (κ1) is 17.5. The van der Waals surface area contributed by atoms with Crippen molar-refractivity contribution < 1.29 is 15.0 Å². The number of fused-ring (bicyclic) bond motifs is 1. The number of hydrogen-bond acceptors (Lipinski definition) is 4. The van der Waals surface area contributed by atoms with E-state index in [-0.39, 0.29) is 11.5 Å². The number of phenolic OH excluding ortho intramolecular Hbond substituents is 2. The van der Waals surface area contributed by atoms with Crippen molar-refractivity contribution >= 4 is 38.8 Å². The molecule has 0 saturated heterocycles. The Bertz CT molecular complexity index is 910. The minimum absolute atomic E-state index is 0.0926. The third kappa shape index (κ3) is 3.91. The van der Waals surface area contributed by atoms with Gasteiger partial charge in [0.15, 0.2) is 0 Å². The number of rotatable bonds is 2. The van der Waals surface area contributed by atoms with Gasteiger partial charge in [0.1, 0.15) is 11.5 Å². The van der Waals surface area contributed by atoms with Gasteiger partial charge in [-0.15, -0.1) is 0 Å². The van der Waals surface area contributed by atoms with Crippen LogP contribution < -0.4 is 5.73 Å². The van der Waals surface area contributed by atoms with Crippen molar-refractivity contribution in [3.63, 3.8) is 0 Å². The molecule has 5 N–H and O–H groups in total. The lowest BCUT2D eigenvalue weighted by Crippen LogP contribution is -2.10. The number of hydrogen-bond donors (Lipinski definition) is 4. The molecule has 0 unspecified atom stereocenters. The van der Waals surface area contributed by atoms with Crippen LogP contribution in [0.4, 0.5) is 0 Å². The Labute approximate surface area is 147 Å². The molecule has 0 spiro atoms. The standard InChI is InChI=1S/C11H9NO.C7H6BrNO2/c12-7-8-5-6-11(13)10-4-2-1-3-9(8)10;8-5-3-4(7(9)11)1-2-6(5)10/h1-7,12-13H;1-3,10H,(H2,9,11). The van der Waals surface area contributed by atoms with Gasteiger partial charge in [0.25, 0.3) is 0 Å². The van der Waals surface area contributed by atoms with Crippen LogP contribution in [-0.2, 0) is 0 Å². The Morgan fingerprint density at radius 2 is 1.62 bits per heavy atom. The molecule has 0 aliphatic carbocycles. The van der Waals surface area contributed by atoms with Gasteiger partial charge in [0.2, 0.25) is 5.91 Å². The third-order valence-corrected chi connectivity index (χ3v) is 3.96. The van der Waals surface area contributed by atoms with Crippen molar-refractivity contribution in [2.45, 2.75) is 0 Å². The van der Waals surface area contributed by atoms with E-state index >= 15 is 0 Å². The average molecular weight is 387 g/mol. The Balaban J connectivity index is 0.000000177. The Morgan fingerprint density at radius 3 is 2.21 bits per heavy atom. The minimum Gasteiger partial charge on any atom is -0.507 e. The monoisotopic (exact) mass is 386 g/mol. The fraction of sp³-hybridized carbons (Fsp3) is 0. The quantitative estimate of drug-likeness (QED) is 0.503. The number of primary amides is 1. The van der Waals surface area contributed by atoms with Crippen LogP contribution in [0.1, 0.15) is 15.9 Å². The van der Waals surface area contributed by atoms with Crippen molar-refractivity contribution in [1.29, 1.82) is 5.41 Å². The predicted octanol–water partition coefficient (Wildman–Crippen LogP) is 3.80. The van der Waals surface area contributed by atoms with Gasteiger partial charge in [0.05, 0.1) is 4.47 Å². The summed E-state index contributed by atoms with van der Waals surface area (Å²) < 4.78 is 0.466. The first-order valence-electron chi connectivity index (χ1n) is 6.93. The minimum atomic E-state index is -0.509. The zero-order valence-corrected chi connectivity index (χ0v) is 14.1. The van der Waals surface area contributed by atoms with E-state index < -0.39 is 5.91 Å². The maximum absolute atomic E-state index is 10.6. The molecular weight excluding hydrogens is 372 g/mol. The summed E-state index contributed by atoms with van der Waals surface area (Å²) in [5.74, 6) is -0.151. The van der Waals surface area contributed by atoms with E-state index in [1.807, 2.05) is 24.3 Å². The Kier molecular flexibility index (Phi) is 5.55. The van der Waals surface area contributed by atoms with Crippen molar-refractivity contribution in [3.8, 4) is 11.5 Å². The van der Waals surface area contributed by atoms with Crippen LogP contribution in [0.3, 0.4) is 0 Å². The maximum Gasteiger partial charge on any atom is 0.248 e. The lowest BCUT2D eigenvalue weighted by Gasteiger charge is -2.02. The van der Waals surface area contributed by atoms with Crippen molar-refractivity contribution in [2.24, 2.45) is 5.73 Å². The smallest absolute Gasteiger partial charge is 0.248 e. The SMILES string of the molecule is N=Cc1ccc(O)c2ccccc12.NC(=O)c1ccc(O)c(Br)c1. The zero-order valence-electron chi connectivity index (χ0n) is 12.5. The fourth-order valence-electron chi connectivity index (χ4n) is 2.09. The lowest BCUT2D eigenvalue weighted by molar-refractivity contribution is 0.1000. The number of phenols is 2. The van der Waals surface area contributed by atoms with Gasteiger partial charge in [0, 0.05) is 22.7 Å². The Hall–Kier alpha value is -2.86. The topological polar surface area (TPSA) is 107 Å². The highest BCUT2D eigenvalue weighted by molar-refractivity contribution is 9.10. The second kappa shape index (κ2) is 7.61. The second-order valence-electron chi connectivity index (χ2n) is 4.89. The van der Waals surface area contributed by atoms with Gasteiger partial charge in [-0.2, -0.15) is 0 Å². The van der Waals surface area contributed by atoms with Gasteiger partial charge in [-0.25, -0.2) is 0 Å². The van der Waals surface area contributed by atoms with Crippen LogP contribution in [0.15, 0.2) is 59.1 Å². The average Bonchev–Trinajstić information content (AvgIpc) is 2.58. The number of aromatic hydroxyl groups is 2. The Morgan fingerprint density at radius 1 is 1.00 bits per heavy atom. The van der Waals surface area contributed by atoms with E-state index in [2.05, 4.69) is 15.9 Å². The van der Waals surface area contributed by atoms with Crippen molar-refractivity contribution in [1.82, 2.24) is 0 Å². The number of amides is 1. The van der Waals surface area contributed by atoms with Crippen LogP contribution >= 0.6 is 15.9 Å². The molecule has 0 fully saturated rings. The van der Waals surface area contributed by atoms with Gasteiger partial charge in [-0.1, -0.05) is 24.3 Å². The number of halogens is 1. The molecule has 0 saturated carbocycles. The predicted molar refractivity (Wildman–Crippen MR) is 97.8 cm³/mol. The lowest BCUT2D eigenvalue weighted by atomic mass is 10.0. The highest BCUT2D eigenvalue weighted by Gasteiger charge is 2.03. The van der Waals surface area contributed by atoms with Crippen LogP contribution in [0.5, 0.6) is 11.5 Å². The molecule has 5 nitrogen and oxygen atoms in total. The van der Waals surface area contributed by atoms with E-state index in [4.69, 9.17) is 16.2 Å². The fourth-order valence-corrected chi connectivity index (χ4v) is 2.47. The molecular formula is C18H15BrN2O3. The molecule has 0 bridgehead atoms. The van der Waals surface area contributed by atoms with E-state index in [0.717, 1.165) is 16.3 Å². The molecule has 0 atom stereocenters. The van der Waals surface area contributed by atoms with Gasteiger partial charge < -0.3 is 21.4 Å². The number of carbonyl (C=O) groups excluding carboxylic acids is 1. The number of carbonyl (C=O) groups is 1. The van der Waals surface area contributed by atoms with Gasteiger partial charge in [-0.3, -0.25) is 4.79 Å². The summed E-state index contributed by atoms with van der Waals surface area (Å²) in [6, 6.07) is 15.2. The van der Waals surface area contributed by atoms with Crippen LogP contribution in [0.25, 0.3) is 10.8 Å². The van der Waals surface area contributed by atoms with Gasteiger partial charge >= 0.3 is 0 Å². The van der Waals surface area contributed by atoms with Crippen LogP contribution in [-0.4, -0.2) is 22.3 Å². The number of benzene rings is 3. The first-order chi connectivity index (χ1) is 11.4. The molecule has 0 radical (unpaired) electrons. The molecule has 0 aliphatic heterocycles. The number of nitrogens with one attached hydrogen (secondary N) is 1. The molecule has 0 aromatic heterocycles. The third-order valence-electron chi connectivity index (χ3n) is 3.32. The second-order valence-corrected chi connectivity index (χ2v) is 5.75. The van der Waals surface area contributed by atoms with Crippen LogP contribution in [0, 0.1) is 5.41 Å². The summed E-state index contributed by atoms with van der Waals surface area (Å²) in [5, 5.41) is 27.4. The summed E-state index contributed by atoms with van der Waals surface area (Å²) >= 11 is 3.06. The molecule has 0 aliphatic rings. The molecule has 3 aromatic rings. The molecule has 3 rings (SSSR count). The molecule has 1 amide bonds. The maximum atomic E-state index is 10.6. The van der Waals surface area contributed by atoms with Crippen molar-refractivity contribution in [2.75, 3.05) is 0 Å². The van der Waals surface area contributed by atoms with Gasteiger partial charge in [-0.05, 0) is 51.6 Å². The zero-order chi connectivity index (χ0) is 17.7. The van der Waals surface area contributed by atoms with Crippen molar-refractivity contribution in [3.05, 3.63) is 70.2 Å². The normalized spacial score (nSPS) is 9.88. The summed E-state index contributed by atoms with van der Waals surface area (Å²) in [4.78, 5) is 10.6. The molecule has 122 valence electrons. The summed E-state index contributed by atoms with van der Waals surface area (Å²) in [6.45, 7) is 0. The van der Waals surface area contributed by atoms with E-state index in [0.29, 0.717) is 10.0 Å². The van der Waals surface area contributed by atoms with E-state index in [9.17, 15) is 9.90 Å². The highest BCUT2D eigenvalue weighted by Crippen LogP contribution is 2.26. The van der Waals surface area contributed by atoms with E-state index in [1.165, 1.54) is 24.4 Å². The molecule has 24 heavy (non-hydrogen) atoms. The highest BCUT2D eigenvalue weighted by atomic mass is 79.9. The summed E-state index contributed by atoms with van der Waals surface area (Å²) in [7, 11) is 0. The number of nitrogens with two attached hydrogens (primary N) is 1. The molecule has 0 heterocycles. The van der Waals surface area contributed by atoms with Crippen LogP contribution in [0.2, 0.25) is 0 Å². The molecule has 6 heteroatoms.